The van der Waals surface area contributed by atoms with E-state index in [4.69, 9.17) is 0 Å². The molecule has 5 heteroatoms. The molecule has 1 aromatic carbocycles. The van der Waals surface area contributed by atoms with Gasteiger partial charge in [0, 0.05) is 19.3 Å². The van der Waals surface area contributed by atoms with Gasteiger partial charge in [0.15, 0.2) is 0 Å². The SMILES string of the molecule is O=C1NCCCCC1NCc1ccn(-c2ccccc2)n1. The molecule has 0 radical (unpaired) electrons. The summed E-state index contributed by atoms with van der Waals surface area (Å²) < 4.78 is 1.85. The molecule has 1 atom stereocenters. The van der Waals surface area contributed by atoms with E-state index in [0.29, 0.717) is 6.54 Å². The lowest BCUT2D eigenvalue weighted by molar-refractivity contribution is -0.122. The highest BCUT2D eigenvalue weighted by atomic mass is 16.2. The monoisotopic (exact) mass is 284 g/mol. The Balaban J connectivity index is 1.61. The Kier molecular flexibility index (Phi) is 4.31. The van der Waals surface area contributed by atoms with Crippen molar-refractivity contribution < 1.29 is 4.79 Å². The van der Waals surface area contributed by atoms with Crippen LogP contribution in [0.15, 0.2) is 42.6 Å². The van der Waals surface area contributed by atoms with Gasteiger partial charge in [-0.2, -0.15) is 5.10 Å². The van der Waals surface area contributed by atoms with Gasteiger partial charge in [-0.25, -0.2) is 4.68 Å². The van der Waals surface area contributed by atoms with Crippen LogP contribution in [0.3, 0.4) is 0 Å². The number of carbonyl (C=O) groups is 1. The average molecular weight is 284 g/mol. The predicted octanol–water partition coefficient (Wildman–Crippen LogP) is 1.63. The van der Waals surface area contributed by atoms with Crippen LogP contribution in [0.4, 0.5) is 0 Å². The molecular formula is C16H20N4O. The Morgan fingerprint density at radius 1 is 1.24 bits per heavy atom. The Labute approximate surface area is 124 Å². The number of nitrogens with one attached hydrogen (secondary N) is 2. The lowest BCUT2D eigenvalue weighted by Gasteiger charge is -2.14. The molecule has 2 aromatic rings. The van der Waals surface area contributed by atoms with Gasteiger partial charge in [0.05, 0.1) is 17.4 Å². The highest BCUT2D eigenvalue weighted by Crippen LogP contribution is 2.09. The van der Waals surface area contributed by atoms with Gasteiger partial charge in [-0.15, -0.1) is 0 Å². The van der Waals surface area contributed by atoms with E-state index in [0.717, 1.165) is 37.2 Å². The quantitative estimate of drug-likeness (QED) is 0.897. The van der Waals surface area contributed by atoms with Crippen LogP contribution in [0.1, 0.15) is 25.0 Å². The minimum absolute atomic E-state index is 0.102. The number of carbonyl (C=O) groups excluding carboxylic acids is 1. The second-order valence-corrected chi connectivity index (χ2v) is 5.31. The standard InChI is InChI=1S/C16H20N4O/c21-16-15(8-4-5-10-17-16)18-12-13-9-11-20(19-13)14-6-2-1-3-7-14/h1-3,6-7,9,11,15,18H,4-5,8,10,12H2,(H,17,21). The maximum Gasteiger partial charge on any atom is 0.237 e. The van der Waals surface area contributed by atoms with Crippen molar-refractivity contribution in [2.45, 2.75) is 31.8 Å². The summed E-state index contributed by atoms with van der Waals surface area (Å²) in [6.07, 6.45) is 4.98. The number of aromatic nitrogens is 2. The second kappa shape index (κ2) is 6.54. The van der Waals surface area contributed by atoms with Crippen LogP contribution in [0, 0.1) is 0 Å². The van der Waals surface area contributed by atoms with Gasteiger partial charge >= 0.3 is 0 Å². The minimum Gasteiger partial charge on any atom is -0.355 e. The van der Waals surface area contributed by atoms with Crippen LogP contribution >= 0.6 is 0 Å². The van der Waals surface area contributed by atoms with Crippen molar-refractivity contribution >= 4 is 5.91 Å². The van der Waals surface area contributed by atoms with E-state index in [1.54, 1.807) is 0 Å². The van der Waals surface area contributed by atoms with Crippen molar-refractivity contribution in [1.82, 2.24) is 20.4 Å². The summed E-state index contributed by atoms with van der Waals surface area (Å²) in [5.74, 6) is 0.106. The highest BCUT2D eigenvalue weighted by molar-refractivity contribution is 5.81. The molecule has 0 bridgehead atoms. The summed E-state index contributed by atoms with van der Waals surface area (Å²) in [7, 11) is 0. The van der Waals surface area contributed by atoms with Crippen LogP contribution in [0.2, 0.25) is 0 Å². The summed E-state index contributed by atoms with van der Waals surface area (Å²) in [5, 5.41) is 10.8. The van der Waals surface area contributed by atoms with E-state index in [9.17, 15) is 4.79 Å². The predicted molar refractivity (Wildman–Crippen MR) is 81.1 cm³/mol. The molecule has 0 spiro atoms. The fourth-order valence-corrected chi connectivity index (χ4v) is 2.54. The molecule has 2 N–H and O–H groups in total. The van der Waals surface area contributed by atoms with Gasteiger partial charge < -0.3 is 10.6 Å². The third-order valence-corrected chi connectivity index (χ3v) is 3.73. The molecule has 5 nitrogen and oxygen atoms in total. The van der Waals surface area contributed by atoms with Gasteiger partial charge in [0.2, 0.25) is 5.91 Å². The zero-order valence-corrected chi connectivity index (χ0v) is 12.0. The molecule has 21 heavy (non-hydrogen) atoms. The van der Waals surface area contributed by atoms with Crippen molar-refractivity contribution in [3.8, 4) is 5.69 Å². The number of hydrogen-bond acceptors (Lipinski definition) is 3. The van der Waals surface area contributed by atoms with Crippen molar-refractivity contribution in [3.05, 3.63) is 48.3 Å². The summed E-state index contributed by atoms with van der Waals surface area (Å²) in [6, 6.07) is 11.9. The maximum absolute atomic E-state index is 11.9. The fourth-order valence-electron chi connectivity index (χ4n) is 2.54. The van der Waals surface area contributed by atoms with E-state index >= 15 is 0 Å². The van der Waals surface area contributed by atoms with Gasteiger partial charge in [0.1, 0.15) is 0 Å². The topological polar surface area (TPSA) is 59.0 Å². The van der Waals surface area contributed by atoms with Gasteiger partial charge in [-0.05, 0) is 37.5 Å². The molecule has 1 aliphatic heterocycles. The first-order valence-corrected chi connectivity index (χ1v) is 7.44. The number of nitrogens with zero attached hydrogens (tertiary/aromatic N) is 2. The molecule has 1 aromatic heterocycles. The highest BCUT2D eigenvalue weighted by Gasteiger charge is 2.19. The molecule has 1 aliphatic rings. The number of rotatable bonds is 4. The number of hydrogen-bond donors (Lipinski definition) is 2. The molecule has 110 valence electrons. The zero-order valence-electron chi connectivity index (χ0n) is 12.0. The summed E-state index contributed by atoms with van der Waals surface area (Å²) in [6.45, 7) is 1.40. The third kappa shape index (κ3) is 3.49. The minimum atomic E-state index is -0.102. The molecule has 1 unspecified atom stereocenters. The maximum atomic E-state index is 11.9. The van der Waals surface area contributed by atoms with Crippen LogP contribution < -0.4 is 10.6 Å². The number of benzene rings is 1. The lowest BCUT2D eigenvalue weighted by atomic mass is 10.1. The van der Waals surface area contributed by atoms with Crippen molar-refractivity contribution in [1.29, 1.82) is 0 Å². The Hall–Kier alpha value is -2.14. The Morgan fingerprint density at radius 2 is 2.10 bits per heavy atom. The van der Waals surface area contributed by atoms with Gasteiger partial charge in [-0.3, -0.25) is 4.79 Å². The summed E-state index contributed by atoms with van der Waals surface area (Å²) in [5.41, 5.74) is 1.98. The molecular weight excluding hydrogens is 264 g/mol. The number of para-hydroxylation sites is 1. The summed E-state index contributed by atoms with van der Waals surface area (Å²) >= 11 is 0. The molecule has 1 amide bonds. The first kappa shape index (κ1) is 13.8. The van der Waals surface area contributed by atoms with Crippen molar-refractivity contribution in [3.63, 3.8) is 0 Å². The largest absolute Gasteiger partial charge is 0.355 e. The first-order valence-electron chi connectivity index (χ1n) is 7.44. The van der Waals surface area contributed by atoms with E-state index in [-0.39, 0.29) is 11.9 Å². The van der Waals surface area contributed by atoms with E-state index in [1.807, 2.05) is 47.3 Å². The molecule has 2 heterocycles. The molecule has 0 saturated carbocycles. The van der Waals surface area contributed by atoms with Crippen molar-refractivity contribution in [2.75, 3.05) is 6.54 Å². The van der Waals surface area contributed by atoms with E-state index < -0.39 is 0 Å². The van der Waals surface area contributed by atoms with E-state index in [2.05, 4.69) is 15.7 Å². The molecule has 3 rings (SSSR count). The molecule has 0 aliphatic carbocycles. The normalized spacial score (nSPS) is 19.0. The first-order chi connectivity index (χ1) is 10.3. The molecule has 1 saturated heterocycles. The molecule has 1 fully saturated rings. The lowest BCUT2D eigenvalue weighted by Crippen LogP contribution is -2.42. The van der Waals surface area contributed by atoms with Crippen LogP contribution in [-0.4, -0.2) is 28.3 Å². The van der Waals surface area contributed by atoms with Gasteiger partial charge in [0.25, 0.3) is 0 Å². The Morgan fingerprint density at radius 3 is 2.95 bits per heavy atom. The Bertz CT molecular complexity index is 593. The number of amides is 1. The third-order valence-electron chi connectivity index (χ3n) is 3.73. The summed E-state index contributed by atoms with van der Waals surface area (Å²) in [4.78, 5) is 11.9. The van der Waals surface area contributed by atoms with Crippen LogP contribution in [-0.2, 0) is 11.3 Å². The van der Waals surface area contributed by atoms with Gasteiger partial charge in [-0.1, -0.05) is 18.2 Å². The van der Waals surface area contributed by atoms with Crippen LogP contribution in [0.25, 0.3) is 5.69 Å². The zero-order chi connectivity index (χ0) is 14.5. The smallest absolute Gasteiger partial charge is 0.237 e. The van der Waals surface area contributed by atoms with E-state index in [1.165, 1.54) is 0 Å². The second-order valence-electron chi connectivity index (χ2n) is 5.31. The van der Waals surface area contributed by atoms with Crippen molar-refractivity contribution in [2.24, 2.45) is 0 Å². The fraction of sp³-hybridized carbons (Fsp3) is 0.375. The van der Waals surface area contributed by atoms with Crippen LogP contribution in [0.5, 0.6) is 0 Å². The average Bonchev–Trinajstić information content (AvgIpc) is 2.90.